The molecular formula is C13H14N2O4. The van der Waals surface area contributed by atoms with Crippen molar-refractivity contribution in [1.29, 1.82) is 0 Å². The minimum atomic E-state index is -1.36. The number of ether oxygens (including phenoxy) is 1. The molecule has 1 aromatic carbocycles. The SMILES string of the molecule is COC(=O)C(Cc1cn(C)c2ccccc12)[N+](=O)[O-]. The Bertz CT molecular complexity index is 633. The summed E-state index contributed by atoms with van der Waals surface area (Å²) in [5, 5.41) is 11.9. The Morgan fingerprint density at radius 2 is 2.16 bits per heavy atom. The van der Waals surface area contributed by atoms with Gasteiger partial charge in [-0.1, -0.05) is 18.2 Å². The van der Waals surface area contributed by atoms with Crippen LogP contribution in [-0.2, 0) is 23.0 Å². The van der Waals surface area contributed by atoms with Gasteiger partial charge in [0.2, 0.25) is 0 Å². The molecule has 1 unspecified atom stereocenters. The van der Waals surface area contributed by atoms with Crippen molar-refractivity contribution in [3.63, 3.8) is 0 Å². The van der Waals surface area contributed by atoms with Crippen LogP contribution in [-0.4, -0.2) is 28.6 Å². The number of aryl methyl sites for hydroxylation is 1. The molecule has 6 heteroatoms. The first-order valence-corrected chi connectivity index (χ1v) is 5.79. The molecule has 0 spiro atoms. The molecule has 19 heavy (non-hydrogen) atoms. The number of nitro groups is 1. The van der Waals surface area contributed by atoms with Gasteiger partial charge >= 0.3 is 12.0 Å². The van der Waals surface area contributed by atoms with Gasteiger partial charge in [0, 0.05) is 29.1 Å². The van der Waals surface area contributed by atoms with Crippen LogP contribution in [0.5, 0.6) is 0 Å². The van der Waals surface area contributed by atoms with E-state index in [4.69, 9.17) is 0 Å². The number of benzene rings is 1. The number of hydrogen-bond acceptors (Lipinski definition) is 4. The number of nitrogens with zero attached hydrogens (tertiary/aromatic N) is 2. The van der Waals surface area contributed by atoms with Crippen molar-refractivity contribution >= 4 is 16.9 Å². The molecule has 0 N–H and O–H groups in total. The summed E-state index contributed by atoms with van der Waals surface area (Å²) >= 11 is 0. The molecular weight excluding hydrogens is 248 g/mol. The predicted molar refractivity (Wildman–Crippen MR) is 69.4 cm³/mol. The van der Waals surface area contributed by atoms with Crippen LogP contribution in [0.3, 0.4) is 0 Å². The van der Waals surface area contributed by atoms with Crippen molar-refractivity contribution in [2.45, 2.75) is 12.5 Å². The molecule has 0 radical (unpaired) electrons. The summed E-state index contributed by atoms with van der Waals surface area (Å²) in [4.78, 5) is 21.8. The molecule has 0 saturated carbocycles. The Hall–Kier alpha value is -2.37. The first-order chi connectivity index (χ1) is 9.04. The monoisotopic (exact) mass is 262 g/mol. The number of fused-ring (bicyclic) bond motifs is 1. The number of methoxy groups -OCH3 is 1. The van der Waals surface area contributed by atoms with Crippen LogP contribution < -0.4 is 0 Å². The molecule has 0 fully saturated rings. The zero-order valence-electron chi connectivity index (χ0n) is 10.7. The second-order valence-corrected chi connectivity index (χ2v) is 4.31. The third kappa shape index (κ3) is 2.42. The van der Waals surface area contributed by atoms with Crippen molar-refractivity contribution in [2.75, 3.05) is 7.11 Å². The summed E-state index contributed by atoms with van der Waals surface area (Å²) in [6.45, 7) is 0. The van der Waals surface area contributed by atoms with Gasteiger partial charge in [0.05, 0.1) is 13.5 Å². The van der Waals surface area contributed by atoms with Crippen LogP contribution in [0.2, 0.25) is 0 Å². The first kappa shape index (κ1) is 13.1. The highest BCUT2D eigenvalue weighted by Crippen LogP contribution is 2.22. The van der Waals surface area contributed by atoms with E-state index in [1.807, 2.05) is 42.1 Å². The van der Waals surface area contributed by atoms with E-state index in [0.29, 0.717) is 0 Å². The lowest BCUT2D eigenvalue weighted by Gasteiger charge is -2.06. The van der Waals surface area contributed by atoms with Gasteiger partial charge in [-0.25, -0.2) is 4.79 Å². The lowest BCUT2D eigenvalue weighted by atomic mass is 10.1. The normalized spacial score (nSPS) is 12.3. The molecule has 1 aromatic heterocycles. The number of rotatable bonds is 4. The second-order valence-electron chi connectivity index (χ2n) is 4.31. The van der Waals surface area contributed by atoms with E-state index in [2.05, 4.69) is 4.74 Å². The van der Waals surface area contributed by atoms with E-state index in [9.17, 15) is 14.9 Å². The number of carbonyl (C=O) groups is 1. The Balaban J connectivity index is 2.39. The maximum atomic E-state index is 11.4. The molecule has 2 aromatic rings. The highest BCUT2D eigenvalue weighted by molar-refractivity contribution is 5.85. The molecule has 0 bridgehead atoms. The zero-order valence-corrected chi connectivity index (χ0v) is 10.7. The van der Waals surface area contributed by atoms with Gasteiger partial charge in [-0.05, 0) is 11.6 Å². The number of aromatic nitrogens is 1. The average Bonchev–Trinajstić information content (AvgIpc) is 2.72. The quantitative estimate of drug-likeness (QED) is 0.476. The van der Waals surface area contributed by atoms with Crippen LogP contribution in [0.15, 0.2) is 30.5 Å². The van der Waals surface area contributed by atoms with Gasteiger partial charge in [0.15, 0.2) is 0 Å². The predicted octanol–water partition coefficient (Wildman–Crippen LogP) is 1.54. The van der Waals surface area contributed by atoms with Crippen molar-refractivity contribution in [2.24, 2.45) is 7.05 Å². The summed E-state index contributed by atoms with van der Waals surface area (Å²) in [6, 6.07) is 6.22. The smallest absolute Gasteiger partial charge is 0.381 e. The van der Waals surface area contributed by atoms with Crippen LogP contribution >= 0.6 is 0 Å². The summed E-state index contributed by atoms with van der Waals surface area (Å²) in [7, 11) is 3.02. The summed E-state index contributed by atoms with van der Waals surface area (Å²) in [5.74, 6) is -0.821. The Morgan fingerprint density at radius 1 is 1.47 bits per heavy atom. The highest BCUT2D eigenvalue weighted by Gasteiger charge is 2.32. The Kier molecular flexibility index (Phi) is 3.50. The molecule has 0 aliphatic heterocycles. The van der Waals surface area contributed by atoms with E-state index in [1.165, 1.54) is 0 Å². The van der Waals surface area contributed by atoms with E-state index in [1.54, 1.807) is 0 Å². The lowest BCUT2D eigenvalue weighted by molar-refractivity contribution is -0.509. The molecule has 0 amide bonds. The van der Waals surface area contributed by atoms with Crippen molar-refractivity contribution in [3.8, 4) is 0 Å². The largest absolute Gasteiger partial charge is 0.464 e. The van der Waals surface area contributed by atoms with Crippen molar-refractivity contribution in [3.05, 3.63) is 46.1 Å². The van der Waals surface area contributed by atoms with Crippen molar-refractivity contribution < 1.29 is 14.5 Å². The molecule has 0 saturated heterocycles. The Morgan fingerprint density at radius 3 is 2.79 bits per heavy atom. The third-order valence-corrected chi connectivity index (χ3v) is 3.12. The molecule has 0 aliphatic carbocycles. The van der Waals surface area contributed by atoms with Crippen LogP contribution in [0.25, 0.3) is 10.9 Å². The minimum Gasteiger partial charge on any atom is -0.464 e. The second kappa shape index (κ2) is 5.09. The van der Waals surface area contributed by atoms with Crippen LogP contribution in [0.1, 0.15) is 5.56 Å². The van der Waals surface area contributed by atoms with E-state index < -0.39 is 16.9 Å². The fraction of sp³-hybridized carbons (Fsp3) is 0.308. The maximum absolute atomic E-state index is 11.4. The first-order valence-electron chi connectivity index (χ1n) is 5.79. The van der Waals surface area contributed by atoms with Gasteiger partial charge in [0.1, 0.15) is 0 Å². The van der Waals surface area contributed by atoms with E-state index in [0.717, 1.165) is 23.6 Å². The summed E-state index contributed by atoms with van der Waals surface area (Å²) in [6.07, 6.45) is 1.84. The topological polar surface area (TPSA) is 74.4 Å². The number of para-hydroxylation sites is 1. The van der Waals surface area contributed by atoms with Gasteiger partial charge < -0.3 is 9.30 Å². The zero-order chi connectivity index (χ0) is 14.0. The fourth-order valence-electron chi connectivity index (χ4n) is 2.18. The molecule has 100 valence electrons. The number of hydrogen-bond donors (Lipinski definition) is 0. The van der Waals surface area contributed by atoms with Gasteiger partial charge in [-0.15, -0.1) is 0 Å². The van der Waals surface area contributed by atoms with E-state index in [-0.39, 0.29) is 6.42 Å². The number of esters is 1. The molecule has 0 aliphatic rings. The molecule has 1 heterocycles. The fourth-order valence-corrected chi connectivity index (χ4v) is 2.18. The van der Waals surface area contributed by atoms with Crippen LogP contribution in [0.4, 0.5) is 0 Å². The third-order valence-electron chi connectivity index (χ3n) is 3.12. The molecule has 1 atom stereocenters. The Labute approximate surface area is 109 Å². The average molecular weight is 262 g/mol. The lowest BCUT2D eigenvalue weighted by Crippen LogP contribution is -2.32. The standard InChI is InChI=1S/C13H14N2O4/c1-14-8-9(10-5-3-4-6-11(10)14)7-12(15(17)18)13(16)19-2/h3-6,8,12H,7H2,1-2H3. The van der Waals surface area contributed by atoms with Crippen LogP contribution in [0, 0.1) is 10.1 Å². The molecule has 2 rings (SSSR count). The van der Waals surface area contributed by atoms with Gasteiger partial charge in [-0.2, -0.15) is 0 Å². The highest BCUT2D eigenvalue weighted by atomic mass is 16.6. The van der Waals surface area contributed by atoms with E-state index >= 15 is 0 Å². The summed E-state index contributed by atoms with van der Waals surface area (Å²) in [5.41, 5.74) is 1.75. The van der Waals surface area contributed by atoms with Crippen molar-refractivity contribution in [1.82, 2.24) is 4.57 Å². The number of carbonyl (C=O) groups excluding carboxylic acids is 1. The summed E-state index contributed by atoms with van der Waals surface area (Å²) < 4.78 is 6.37. The minimum absolute atomic E-state index is 0.0288. The van der Waals surface area contributed by atoms with Gasteiger partial charge in [0.25, 0.3) is 0 Å². The molecule has 6 nitrogen and oxygen atoms in total. The van der Waals surface area contributed by atoms with Gasteiger partial charge in [-0.3, -0.25) is 10.1 Å². The maximum Gasteiger partial charge on any atom is 0.381 e.